The van der Waals surface area contributed by atoms with Gasteiger partial charge in [-0.3, -0.25) is 9.89 Å². The largest absolute Gasteiger partial charge is 0.349 e. The summed E-state index contributed by atoms with van der Waals surface area (Å²) in [5.41, 5.74) is 5.96. The molecule has 0 aliphatic rings. The average molecular weight is 210 g/mol. The summed E-state index contributed by atoms with van der Waals surface area (Å²) in [5, 5.41) is 9.34. The highest BCUT2D eigenvalue weighted by Crippen LogP contribution is 2.08. The minimum Gasteiger partial charge on any atom is -0.349 e. The summed E-state index contributed by atoms with van der Waals surface area (Å²) in [6, 6.07) is 1.81. The molecule has 1 aromatic heterocycles. The molecule has 0 aromatic carbocycles. The number of hydrogen-bond acceptors (Lipinski definition) is 3. The minimum atomic E-state index is -0.783. The molecular formula is C10H18N4O. The van der Waals surface area contributed by atoms with E-state index in [0.29, 0.717) is 13.0 Å². The van der Waals surface area contributed by atoms with Crippen molar-refractivity contribution in [1.29, 1.82) is 0 Å². The zero-order chi connectivity index (χ0) is 11.3. The van der Waals surface area contributed by atoms with Crippen molar-refractivity contribution in [2.45, 2.75) is 38.8 Å². The van der Waals surface area contributed by atoms with E-state index in [1.54, 1.807) is 13.1 Å². The second-order valence-corrected chi connectivity index (χ2v) is 3.93. The molecule has 0 fully saturated rings. The Kier molecular flexibility index (Phi) is 3.85. The number of carbonyl (C=O) groups is 1. The molecule has 1 atom stereocenters. The summed E-state index contributed by atoms with van der Waals surface area (Å²) in [4.78, 5) is 11.7. The zero-order valence-electron chi connectivity index (χ0n) is 9.21. The Labute approximate surface area is 89.4 Å². The van der Waals surface area contributed by atoms with Crippen LogP contribution < -0.4 is 11.1 Å². The lowest BCUT2D eigenvalue weighted by Gasteiger charge is -2.22. The van der Waals surface area contributed by atoms with Gasteiger partial charge in [0.1, 0.15) is 0 Å². The van der Waals surface area contributed by atoms with Crippen LogP contribution in [0, 0.1) is 0 Å². The van der Waals surface area contributed by atoms with E-state index >= 15 is 0 Å². The minimum absolute atomic E-state index is 0.126. The molecule has 1 rings (SSSR count). The van der Waals surface area contributed by atoms with Crippen molar-refractivity contribution in [3.05, 3.63) is 18.0 Å². The zero-order valence-corrected chi connectivity index (χ0v) is 9.21. The number of amides is 1. The average Bonchev–Trinajstić information content (AvgIpc) is 2.66. The summed E-state index contributed by atoms with van der Waals surface area (Å²) in [6.45, 7) is 4.20. The molecule has 15 heavy (non-hydrogen) atoms. The van der Waals surface area contributed by atoms with Crippen molar-refractivity contribution in [3.63, 3.8) is 0 Å². The van der Waals surface area contributed by atoms with E-state index in [4.69, 9.17) is 5.73 Å². The lowest BCUT2D eigenvalue weighted by atomic mass is 9.96. The fourth-order valence-corrected chi connectivity index (χ4v) is 1.39. The van der Waals surface area contributed by atoms with Crippen molar-refractivity contribution in [1.82, 2.24) is 15.5 Å². The Bertz CT molecular complexity index is 305. The van der Waals surface area contributed by atoms with Gasteiger partial charge < -0.3 is 11.1 Å². The van der Waals surface area contributed by atoms with Crippen LogP contribution in [0.15, 0.2) is 12.3 Å². The van der Waals surface area contributed by atoms with Gasteiger partial charge >= 0.3 is 0 Å². The van der Waals surface area contributed by atoms with Crippen molar-refractivity contribution in [2.75, 3.05) is 0 Å². The topological polar surface area (TPSA) is 83.8 Å². The molecule has 5 nitrogen and oxygen atoms in total. The number of nitrogens with zero attached hydrogens (tertiary/aromatic N) is 1. The van der Waals surface area contributed by atoms with Gasteiger partial charge in [0.25, 0.3) is 0 Å². The number of aromatic amines is 1. The van der Waals surface area contributed by atoms with Crippen LogP contribution in [0.1, 0.15) is 32.4 Å². The van der Waals surface area contributed by atoms with E-state index < -0.39 is 5.54 Å². The monoisotopic (exact) mass is 210 g/mol. The highest BCUT2D eigenvalue weighted by atomic mass is 16.2. The van der Waals surface area contributed by atoms with Crippen LogP contribution in [-0.2, 0) is 11.3 Å². The maximum absolute atomic E-state index is 11.7. The molecule has 1 heterocycles. The number of aromatic nitrogens is 2. The molecule has 0 aliphatic carbocycles. The molecule has 0 saturated carbocycles. The fourth-order valence-electron chi connectivity index (χ4n) is 1.39. The van der Waals surface area contributed by atoms with Crippen LogP contribution in [0.4, 0.5) is 0 Å². The van der Waals surface area contributed by atoms with Gasteiger partial charge in [-0.2, -0.15) is 5.10 Å². The Balaban J connectivity index is 2.42. The fraction of sp³-hybridized carbons (Fsp3) is 0.600. The Morgan fingerprint density at radius 3 is 3.00 bits per heavy atom. The predicted molar refractivity (Wildman–Crippen MR) is 57.9 cm³/mol. The van der Waals surface area contributed by atoms with Gasteiger partial charge in [-0.15, -0.1) is 0 Å². The summed E-state index contributed by atoms with van der Waals surface area (Å²) >= 11 is 0. The van der Waals surface area contributed by atoms with Crippen LogP contribution in [0.3, 0.4) is 0 Å². The second-order valence-electron chi connectivity index (χ2n) is 3.93. The van der Waals surface area contributed by atoms with E-state index in [1.165, 1.54) is 0 Å². The van der Waals surface area contributed by atoms with E-state index in [1.807, 2.05) is 13.0 Å². The maximum Gasteiger partial charge on any atom is 0.240 e. The van der Waals surface area contributed by atoms with Gasteiger partial charge in [-0.05, 0) is 19.4 Å². The van der Waals surface area contributed by atoms with Gasteiger partial charge in [0.15, 0.2) is 0 Å². The van der Waals surface area contributed by atoms with Crippen molar-refractivity contribution in [2.24, 2.45) is 5.73 Å². The molecule has 1 unspecified atom stereocenters. The molecule has 84 valence electrons. The summed E-state index contributed by atoms with van der Waals surface area (Å²) in [5.74, 6) is -0.126. The number of rotatable bonds is 5. The van der Waals surface area contributed by atoms with Crippen molar-refractivity contribution >= 4 is 5.91 Å². The molecule has 5 heteroatoms. The molecule has 0 radical (unpaired) electrons. The molecule has 0 spiro atoms. The molecule has 4 N–H and O–H groups in total. The third kappa shape index (κ3) is 3.36. The Hall–Kier alpha value is -1.36. The van der Waals surface area contributed by atoms with Gasteiger partial charge in [0.2, 0.25) is 5.91 Å². The third-order valence-corrected chi connectivity index (χ3v) is 2.29. The molecule has 0 saturated heterocycles. The van der Waals surface area contributed by atoms with E-state index in [2.05, 4.69) is 15.5 Å². The van der Waals surface area contributed by atoms with Gasteiger partial charge in [-0.1, -0.05) is 13.3 Å². The number of H-pyrrole nitrogens is 1. The number of nitrogens with two attached hydrogens (primary N) is 1. The Morgan fingerprint density at radius 1 is 1.73 bits per heavy atom. The molecule has 1 amide bonds. The number of hydrogen-bond donors (Lipinski definition) is 3. The maximum atomic E-state index is 11.7. The normalized spacial score (nSPS) is 14.6. The van der Waals surface area contributed by atoms with E-state index in [9.17, 15) is 4.79 Å². The predicted octanol–water partition coefficient (Wildman–Crippen LogP) is 0.543. The van der Waals surface area contributed by atoms with Gasteiger partial charge in [0.05, 0.1) is 17.8 Å². The Morgan fingerprint density at radius 2 is 2.47 bits per heavy atom. The highest BCUT2D eigenvalue weighted by molar-refractivity contribution is 5.85. The molecule has 1 aromatic rings. The molecule has 0 bridgehead atoms. The summed E-state index contributed by atoms with van der Waals surface area (Å²) < 4.78 is 0. The SMILES string of the molecule is CCCC(C)(N)C(=O)NCc1ccn[nH]1. The van der Waals surface area contributed by atoms with Crippen LogP contribution in [0.25, 0.3) is 0 Å². The van der Waals surface area contributed by atoms with E-state index in [-0.39, 0.29) is 5.91 Å². The second kappa shape index (κ2) is 4.93. The lowest BCUT2D eigenvalue weighted by molar-refractivity contribution is -0.126. The first-order valence-electron chi connectivity index (χ1n) is 5.11. The number of carbonyl (C=O) groups excluding carboxylic acids is 1. The van der Waals surface area contributed by atoms with Gasteiger partial charge in [0, 0.05) is 6.20 Å². The highest BCUT2D eigenvalue weighted by Gasteiger charge is 2.26. The van der Waals surface area contributed by atoms with Gasteiger partial charge in [-0.25, -0.2) is 0 Å². The van der Waals surface area contributed by atoms with E-state index in [0.717, 1.165) is 12.1 Å². The van der Waals surface area contributed by atoms with Crippen LogP contribution >= 0.6 is 0 Å². The van der Waals surface area contributed by atoms with Crippen LogP contribution in [0.5, 0.6) is 0 Å². The first kappa shape index (κ1) is 11.7. The van der Waals surface area contributed by atoms with Crippen molar-refractivity contribution < 1.29 is 4.79 Å². The first-order chi connectivity index (χ1) is 7.06. The van der Waals surface area contributed by atoms with Crippen LogP contribution in [0.2, 0.25) is 0 Å². The smallest absolute Gasteiger partial charge is 0.240 e. The summed E-state index contributed by atoms with van der Waals surface area (Å²) in [7, 11) is 0. The summed E-state index contributed by atoms with van der Waals surface area (Å²) in [6.07, 6.45) is 3.22. The van der Waals surface area contributed by atoms with Crippen LogP contribution in [-0.4, -0.2) is 21.6 Å². The first-order valence-corrected chi connectivity index (χ1v) is 5.11. The molecular weight excluding hydrogens is 192 g/mol. The molecule has 0 aliphatic heterocycles. The quantitative estimate of drug-likeness (QED) is 0.663. The van der Waals surface area contributed by atoms with Crippen molar-refractivity contribution in [3.8, 4) is 0 Å². The lowest BCUT2D eigenvalue weighted by Crippen LogP contribution is -2.51. The number of nitrogens with one attached hydrogen (secondary N) is 2. The standard InChI is InChI=1S/C10H18N4O/c1-3-5-10(2,11)9(15)12-7-8-4-6-13-14-8/h4,6H,3,5,7,11H2,1-2H3,(H,12,15)(H,13,14). The third-order valence-electron chi connectivity index (χ3n) is 2.29.